The van der Waals surface area contributed by atoms with Crippen molar-refractivity contribution in [3.8, 4) is 0 Å². The van der Waals surface area contributed by atoms with Crippen molar-refractivity contribution >= 4 is 17.7 Å². The molecule has 144 valence electrons. The van der Waals surface area contributed by atoms with E-state index in [0.717, 1.165) is 12.5 Å². The molecule has 0 aromatic rings. The SMILES string of the molecule is CN=C(NCC1(N2CCCCC2)CCN(C)CC1)NC1CCCSC1. The third-order valence-corrected chi connectivity index (χ3v) is 7.47. The number of nitrogens with one attached hydrogen (secondary N) is 2. The predicted octanol–water partition coefficient (Wildman–Crippen LogP) is 2.00. The molecular weight excluding hydrogens is 330 g/mol. The smallest absolute Gasteiger partial charge is 0.191 e. The fourth-order valence-electron chi connectivity index (χ4n) is 4.50. The molecule has 2 N–H and O–H groups in total. The molecule has 0 radical (unpaired) electrons. The molecule has 3 saturated heterocycles. The van der Waals surface area contributed by atoms with E-state index in [-0.39, 0.29) is 0 Å². The molecular formula is C19H37N5S. The first-order valence-electron chi connectivity index (χ1n) is 10.2. The zero-order valence-corrected chi connectivity index (χ0v) is 17.0. The van der Waals surface area contributed by atoms with E-state index in [0.29, 0.717) is 11.6 Å². The second-order valence-corrected chi connectivity index (χ2v) is 9.21. The first-order valence-corrected chi connectivity index (χ1v) is 11.4. The van der Waals surface area contributed by atoms with Gasteiger partial charge in [0, 0.05) is 30.9 Å². The van der Waals surface area contributed by atoms with E-state index in [2.05, 4.69) is 44.2 Å². The zero-order valence-electron chi connectivity index (χ0n) is 16.2. The Morgan fingerprint density at radius 3 is 2.52 bits per heavy atom. The third-order valence-electron chi connectivity index (χ3n) is 6.25. The molecule has 1 unspecified atom stereocenters. The monoisotopic (exact) mass is 367 g/mol. The summed E-state index contributed by atoms with van der Waals surface area (Å²) in [4.78, 5) is 9.79. The summed E-state index contributed by atoms with van der Waals surface area (Å²) in [6.45, 7) is 6.00. The van der Waals surface area contributed by atoms with Gasteiger partial charge in [0.1, 0.15) is 0 Å². The standard InChI is InChI=1S/C19H37N5S/c1-20-18(22-17-7-6-14-25-15-17)21-16-19(8-12-23(2)13-9-19)24-10-4-3-5-11-24/h17H,3-16H2,1-2H3,(H2,20,21,22). The van der Waals surface area contributed by atoms with Crippen molar-refractivity contribution in [3.63, 3.8) is 0 Å². The van der Waals surface area contributed by atoms with Crippen molar-refractivity contribution < 1.29 is 0 Å². The largest absolute Gasteiger partial charge is 0.355 e. The molecule has 0 bridgehead atoms. The van der Waals surface area contributed by atoms with E-state index in [4.69, 9.17) is 0 Å². The van der Waals surface area contributed by atoms with Gasteiger partial charge in [0.2, 0.25) is 0 Å². The number of thioether (sulfide) groups is 1. The van der Waals surface area contributed by atoms with E-state index in [1.54, 1.807) is 0 Å². The molecule has 3 heterocycles. The summed E-state index contributed by atoms with van der Waals surface area (Å²) in [7, 11) is 4.17. The molecule has 0 aliphatic carbocycles. The summed E-state index contributed by atoms with van der Waals surface area (Å²) >= 11 is 2.06. The summed E-state index contributed by atoms with van der Waals surface area (Å²) in [5.74, 6) is 3.53. The molecule has 0 aromatic carbocycles. The van der Waals surface area contributed by atoms with Gasteiger partial charge in [0.05, 0.1) is 0 Å². The van der Waals surface area contributed by atoms with Crippen molar-refractivity contribution in [2.45, 2.75) is 56.5 Å². The van der Waals surface area contributed by atoms with Gasteiger partial charge in [-0.2, -0.15) is 11.8 Å². The van der Waals surface area contributed by atoms with Crippen LogP contribution >= 0.6 is 11.8 Å². The number of nitrogens with zero attached hydrogens (tertiary/aromatic N) is 3. The van der Waals surface area contributed by atoms with Gasteiger partial charge >= 0.3 is 0 Å². The van der Waals surface area contributed by atoms with E-state index in [1.165, 1.54) is 82.6 Å². The topological polar surface area (TPSA) is 42.9 Å². The third kappa shape index (κ3) is 5.27. The Morgan fingerprint density at radius 2 is 1.88 bits per heavy atom. The Labute approximate surface area is 158 Å². The van der Waals surface area contributed by atoms with Crippen LogP contribution in [0.1, 0.15) is 44.9 Å². The average molecular weight is 368 g/mol. The molecule has 0 saturated carbocycles. The average Bonchev–Trinajstić information content (AvgIpc) is 2.68. The lowest BCUT2D eigenvalue weighted by Crippen LogP contribution is -2.62. The van der Waals surface area contributed by atoms with Gasteiger partial charge in [0.15, 0.2) is 5.96 Å². The quantitative estimate of drug-likeness (QED) is 0.588. The van der Waals surface area contributed by atoms with Crippen LogP contribution in [0.2, 0.25) is 0 Å². The van der Waals surface area contributed by atoms with Crippen LogP contribution in [0.5, 0.6) is 0 Å². The van der Waals surface area contributed by atoms with Crippen molar-refractivity contribution in [2.75, 3.05) is 58.3 Å². The maximum Gasteiger partial charge on any atom is 0.191 e. The van der Waals surface area contributed by atoms with Gasteiger partial charge in [0.25, 0.3) is 0 Å². The van der Waals surface area contributed by atoms with Gasteiger partial charge in [-0.15, -0.1) is 0 Å². The van der Waals surface area contributed by atoms with Crippen LogP contribution in [0.25, 0.3) is 0 Å². The van der Waals surface area contributed by atoms with Crippen LogP contribution in [0.15, 0.2) is 4.99 Å². The molecule has 25 heavy (non-hydrogen) atoms. The molecule has 3 aliphatic heterocycles. The van der Waals surface area contributed by atoms with Crippen LogP contribution in [0.3, 0.4) is 0 Å². The number of hydrogen-bond donors (Lipinski definition) is 2. The number of guanidine groups is 1. The Kier molecular flexibility index (Phi) is 7.31. The molecule has 0 amide bonds. The van der Waals surface area contributed by atoms with Gasteiger partial charge in [-0.3, -0.25) is 9.89 Å². The van der Waals surface area contributed by atoms with Crippen LogP contribution in [-0.2, 0) is 0 Å². The molecule has 6 heteroatoms. The maximum absolute atomic E-state index is 4.51. The zero-order chi connectivity index (χ0) is 17.5. The molecule has 0 spiro atoms. The second-order valence-electron chi connectivity index (χ2n) is 8.06. The highest BCUT2D eigenvalue weighted by atomic mass is 32.2. The van der Waals surface area contributed by atoms with Crippen LogP contribution < -0.4 is 10.6 Å². The van der Waals surface area contributed by atoms with Crippen LogP contribution in [-0.4, -0.2) is 85.7 Å². The minimum Gasteiger partial charge on any atom is -0.355 e. The van der Waals surface area contributed by atoms with Gasteiger partial charge in [-0.1, -0.05) is 6.42 Å². The predicted molar refractivity (Wildman–Crippen MR) is 110 cm³/mol. The fraction of sp³-hybridized carbons (Fsp3) is 0.947. The normalized spacial score (nSPS) is 29.4. The highest BCUT2D eigenvalue weighted by Crippen LogP contribution is 2.30. The Morgan fingerprint density at radius 1 is 1.12 bits per heavy atom. The van der Waals surface area contributed by atoms with Gasteiger partial charge in [-0.25, -0.2) is 0 Å². The lowest BCUT2D eigenvalue weighted by molar-refractivity contribution is 0.0173. The van der Waals surface area contributed by atoms with E-state index in [1.807, 2.05) is 7.05 Å². The number of rotatable bonds is 4. The number of piperidine rings is 2. The van der Waals surface area contributed by atoms with Crippen molar-refractivity contribution in [3.05, 3.63) is 0 Å². The van der Waals surface area contributed by atoms with Crippen LogP contribution in [0.4, 0.5) is 0 Å². The number of hydrogen-bond acceptors (Lipinski definition) is 4. The Hall–Kier alpha value is -0.460. The molecule has 0 aromatic heterocycles. The molecule has 3 fully saturated rings. The molecule has 5 nitrogen and oxygen atoms in total. The van der Waals surface area contributed by atoms with E-state index < -0.39 is 0 Å². The Bertz CT molecular complexity index is 422. The van der Waals surface area contributed by atoms with E-state index >= 15 is 0 Å². The molecule has 1 atom stereocenters. The summed E-state index contributed by atoms with van der Waals surface area (Å²) in [6.07, 6.45) is 9.27. The Balaban J connectivity index is 1.58. The van der Waals surface area contributed by atoms with Gasteiger partial charge < -0.3 is 15.5 Å². The highest BCUT2D eigenvalue weighted by Gasteiger charge is 2.39. The second kappa shape index (κ2) is 9.47. The van der Waals surface area contributed by atoms with Crippen molar-refractivity contribution in [2.24, 2.45) is 4.99 Å². The molecule has 3 aliphatic rings. The highest BCUT2D eigenvalue weighted by molar-refractivity contribution is 7.99. The first kappa shape index (κ1) is 19.3. The summed E-state index contributed by atoms with van der Waals surface area (Å²) in [5.41, 5.74) is 0.311. The number of likely N-dealkylation sites (tertiary alicyclic amines) is 2. The summed E-state index contributed by atoms with van der Waals surface area (Å²) in [6, 6.07) is 0.577. The minimum absolute atomic E-state index is 0.311. The lowest BCUT2D eigenvalue weighted by Gasteiger charge is -2.50. The lowest BCUT2D eigenvalue weighted by atomic mass is 9.84. The maximum atomic E-state index is 4.51. The first-order chi connectivity index (χ1) is 12.2. The minimum atomic E-state index is 0.311. The summed E-state index contributed by atoms with van der Waals surface area (Å²) in [5, 5.41) is 7.37. The molecule has 3 rings (SSSR count). The fourth-order valence-corrected chi connectivity index (χ4v) is 5.57. The van der Waals surface area contributed by atoms with E-state index in [9.17, 15) is 0 Å². The van der Waals surface area contributed by atoms with Crippen molar-refractivity contribution in [1.82, 2.24) is 20.4 Å². The van der Waals surface area contributed by atoms with Gasteiger partial charge in [-0.05, 0) is 77.5 Å². The van der Waals surface area contributed by atoms with Crippen molar-refractivity contribution in [1.29, 1.82) is 0 Å². The van der Waals surface area contributed by atoms with Crippen LogP contribution in [0, 0.1) is 0 Å². The summed E-state index contributed by atoms with van der Waals surface area (Å²) < 4.78 is 0. The number of aliphatic imine (C=N–C) groups is 1.